The lowest BCUT2D eigenvalue weighted by atomic mass is 9.98. The summed E-state index contributed by atoms with van der Waals surface area (Å²) in [6, 6.07) is 16.7. The zero-order valence-corrected chi connectivity index (χ0v) is 20.3. The molecule has 4 rings (SSSR count). The first kappa shape index (κ1) is 23.8. The second kappa shape index (κ2) is 10.3. The molecule has 0 spiro atoms. The summed E-state index contributed by atoms with van der Waals surface area (Å²) >= 11 is 0. The molecule has 4 aromatic rings. The van der Waals surface area contributed by atoms with Crippen LogP contribution in [-0.2, 0) is 4.79 Å². The van der Waals surface area contributed by atoms with Crippen molar-refractivity contribution in [3.05, 3.63) is 72.5 Å². The van der Waals surface area contributed by atoms with Gasteiger partial charge in [0.05, 0.1) is 40.4 Å². The average Bonchev–Trinajstić information content (AvgIpc) is 3.30. The zero-order valence-electron chi connectivity index (χ0n) is 20.3. The SMILES string of the molecule is COc1ccc(OC)c(NC(=O)/C=C(\C)c2cc3c(-c4ccccc4OC)coc3cc2OC)c1. The average molecular weight is 474 g/mol. The maximum Gasteiger partial charge on any atom is 0.248 e. The number of nitrogens with one attached hydrogen (secondary N) is 1. The van der Waals surface area contributed by atoms with Crippen LogP contribution < -0.4 is 24.3 Å². The topological polar surface area (TPSA) is 79.2 Å². The van der Waals surface area contributed by atoms with Gasteiger partial charge in [0.2, 0.25) is 5.91 Å². The van der Waals surface area contributed by atoms with Crippen molar-refractivity contribution in [3.63, 3.8) is 0 Å². The van der Waals surface area contributed by atoms with Gasteiger partial charge >= 0.3 is 0 Å². The number of carbonyl (C=O) groups excluding carboxylic acids is 1. The van der Waals surface area contributed by atoms with E-state index >= 15 is 0 Å². The summed E-state index contributed by atoms with van der Waals surface area (Å²) < 4.78 is 27.6. The Hall–Kier alpha value is -4.39. The standard InChI is InChI=1S/C28H27NO6/c1-17(12-28(30)29-23-13-18(31-2)10-11-25(23)33-4)20-14-21-22(16-35-27(21)15-26(20)34-5)19-8-6-7-9-24(19)32-3/h6-16H,1-5H3,(H,29,30)/b17-12+. The molecule has 0 saturated carbocycles. The molecule has 0 bridgehead atoms. The number of methoxy groups -OCH3 is 4. The summed E-state index contributed by atoms with van der Waals surface area (Å²) in [6.07, 6.45) is 3.22. The third-order valence-electron chi connectivity index (χ3n) is 5.73. The predicted octanol–water partition coefficient (Wildman–Crippen LogP) is 6.18. The quantitative estimate of drug-likeness (QED) is 0.308. The smallest absolute Gasteiger partial charge is 0.248 e. The summed E-state index contributed by atoms with van der Waals surface area (Å²) in [4.78, 5) is 12.9. The van der Waals surface area contributed by atoms with Crippen LogP contribution in [0.4, 0.5) is 5.69 Å². The maximum atomic E-state index is 12.9. The van der Waals surface area contributed by atoms with Crippen molar-refractivity contribution in [2.45, 2.75) is 6.92 Å². The van der Waals surface area contributed by atoms with E-state index in [1.54, 1.807) is 52.9 Å². The molecule has 7 heteroatoms. The van der Waals surface area contributed by atoms with E-state index < -0.39 is 0 Å². The third-order valence-corrected chi connectivity index (χ3v) is 5.73. The second-order valence-corrected chi connectivity index (χ2v) is 7.78. The number of anilines is 1. The molecular formula is C28H27NO6. The van der Waals surface area contributed by atoms with Crippen molar-refractivity contribution in [2.75, 3.05) is 33.8 Å². The first-order valence-corrected chi connectivity index (χ1v) is 10.9. The van der Waals surface area contributed by atoms with E-state index in [1.165, 1.54) is 6.08 Å². The predicted molar refractivity (Wildman–Crippen MR) is 137 cm³/mol. The molecular weight excluding hydrogens is 446 g/mol. The molecule has 1 aromatic heterocycles. The Morgan fingerprint density at radius 2 is 1.57 bits per heavy atom. The molecule has 0 radical (unpaired) electrons. The Balaban J connectivity index is 1.72. The lowest BCUT2D eigenvalue weighted by Gasteiger charge is -2.12. The number of hydrogen-bond donors (Lipinski definition) is 1. The van der Waals surface area contributed by atoms with Crippen LogP contribution in [0.5, 0.6) is 23.0 Å². The van der Waals surface area contributed by atoms with Crippen LogP contribution in [0.3, 0.4) is 0 Å². The fourth-order valence-electron chi connectivity index (χ4n) is 3.96. The number of para-hydroxylation sites is 1. The van der Waals surface area contributed by atoms with Gasteiger partial charge in [-0.2, -0.15) is 0 Å². The molecule has 1 amide bonds. The Labute approximate surface area is 203 Å². The van der Waals surface area contributed by atoms with Crippen LogP contribution in [0.25, 0.3) is 27.7 Å². The summed E-state index contributed by atoms with van der Waals surface area (Å²) in [5, 5.41) is 3.74. The Morgan fingerprint density at radius 1 is 0.829 bits per heavy atom. The van der Waals surface area contributed by atoms with Gasteiger partial charge in [-0.3, -0.25) is 4.79 Å². The van der Waals surface area contributed by atoms with Crippen LogP contribution in [0.1, 0.15) is 12.5 Å². The van der Waals surface area contributed by atoms with Crippen LogP contribution in [0.2, 0.25) is 0 Å². The van der Waals surface area contributed by atoms with Crippen molar-refractivity contribution >= 4 is 28.1 Å². The minimum absolute atomic E-state index is 0.312. The molecule has 0 saturated heterocycles. The van der Waals surface area contributed by atoms with Crippen molar-refractivity contribution in [3.8, 4) is 34.1 Å². The van der Waals surface area contributed by atoms with Crippen molar-refractivity contribution in [2.24, 2.45) is 0 Å². The molecule has 35 heavy (non-hydrogen) atoms. The molecule has 3 aromatic carbocycles. The number of allylic oxidation sites excluding steroid dienone is 1. The van der Waals surface area contributed by atoms with Gasteiger partial charge in [0.15, 0.2) is 0 Å². The molecule has 0 unspecified atom stereocenters. The number of ether oxygens (including phenoxy) is 4. The lowest BCUT2D eigenvalue weighted by Crippen LogP contribution is -2.10. The zero-order chi connectivity index (χ0) is 24.9. The van der Waals surface area contributed by atoms with Crippen LogP contribution >= 0.6 is 0 Å². The van der Waals surface area contributed by atoms with E-state index in [2.05, 4.69) is 5.32 Å². The fraction of sp³-hybridized carbons (Fsp3) is 0.179. The maximum absolute atomic E-state index is 12.9. The first-order valence-electron chi connectivity index (χ1n) is 10.9. The highest BCUT2D eigenvalue weighted by Gasteiger charge is 2.17. The summed E-state index contributed by atoms with van der Waals surface area (Å²) in [5.74, 6) is 2.17. The van der Waals surface area contributed by atoms with Crippen LogP contribution in [-0.4, -0.2) is 34.3 Å². The van der Waals surface area contributed by atoms with Gasteiger partial charge in [0.1, 0.15) is 28.6 Å². The molecule has 7 nitrogen and oxygen atoms in total. The first-order chi connectivity index (χ1) is 17.0. The monoisotopic (exact) mass is 473 g/mol. The van der Waals surface area contributed by atoms with Gasteiger partial charge < -0.3 is 28.7 Å². The minimum Gasteiger partial charge on any atom is -0.497 e. The fourth-order valence-corrected chi connectivity index (χ4v) is 3.96. The highest BCUT2D eigenvalue weighted by Crippen LogP contribution is 2.40. The summed E-state index contributed by atoms with van der Waals surface area (Å²) in [6.45, 7) is 1.86. The van der Waals surface area contributed by atoms with Gasteiger partial charge in [-0.05, 0) is 36.8 Å². The van der Waals surface area contributed by atoms with Crippen LogP contribution in [0, 0.1) is 0 Å². The van der Waals surface area contributed by atoms with E-state index in [4.69, 9.17) is 23.4 Å². The Kier molecular flexibility index (Phi) is 6.96. The van der Waals surface area contributed by atoms with E-state index in [0.29, 0.717) is 28.5 Å². The Bertz CT molecular complexity index is 1400. The van der Waals surface area contributed by atoms with Crippen molar-refractivity contribution < 1.29 is 28.2 Å². The molecule has 0 aliphatic rings. The van der Waals surface area contributed by atoms with Crippen molar-refractivity contribution in [1.82, 2.24) is 0 Å². The molecule has 1 heterocycles. The number of fused-ring (bicyclic) bond motifs is 1. The second-order valence-electron chi connectivity index (χ2n) is 7.78. The van der Waals surface area contributed by atoms with Gasteiger partial charge in [-0.15, -0.1) is 0 Å². The number of furan rings is 1. The molecule has 180 valence electrons. The highest BCUT2D eigenvalue weighted by atomic mass is 16.5. The molecule has 0 aliphatic carbocycles. The van der Waals surface area contributed by atoms with Crippen LogP contribution in [0.15, 0.2) is 71.4 Å². The van der Waals surface area contributed by atoms with E-state index in [1.807, 2.05) is 43.3 Å². The van der Waals surface area contributed by atoms with Crippen molar-refractivity contribution in [1.29, 1.82) is 0 Å². The Morgan fingerprint density at radius 3 is 2.29 bits per heavy atom. The van der Waals surface area contributed by atoms with Gasteiger partial charge in [-0.1, -0.05) is 18.2 Å². The largest absolute Gasteiger partial charge is 0.497 e. The van der Waals surface area contributed by atoms with E-state index in [9.17, 15) is 4.79 Å². The highest BCUT2D eigenvalue weighted by molar-refractivity contribution is 6.06. The number of rotatable bonds is 8. The van der Waals surface area contributed by atoms with E-state index in [0.717, 1.165) is 33.4 Å². The lowest BCUT2D eigenvalue weighted by molar-refractivity contribution is -0.111. The molecule has 1 N–H and O–H groups in total. The molecule has 0 fully saturated rings. The molecule has 0 atom stereocenters. The normalized spacial score (nSPS) is 11.3. The third kappa shape index (κ3) is 4.80. The summed E-state index contributed by atoms with van der Waals surface area (Å²) in [5.41, 5.74) is 4.47. The van der Waals surface area contributed by atoms with Gasteiger partial charge in [0.25, 0.3) is 0 Å². The number of benzene rings is 3. The van der Waals surface area contributed by atoms with E-state index in [-0.39, 0.29) is 5.91 Å². The van der Waals surface area contributed by atoms with Gasteiger partial charge in [0, 0.05) is 40.3 Å². The summed E-state index contributed by atoms with van der Waals surface area (Å²) in [7, 11) is 6.33. The number of amides is 1. The molecule has 0 aliphatic heterocycles. The minimum atomic E-state index is -0.312. The van der Waals surface area contributed by atoms with Gasteiger partial charge in [-0.25, -0.2) is 0 Å². The number of hydrogen-bond acceptors (Lipinski definition) is 6. The number of carbonyl (C=O) groups is 1.